The van der Waals surface area contributed by atoms with E-state index >= 15 is 0 Å². The van der Waals surface area contributed by atoms with Gasteiger partial charge in [-0.05, 0) is 62.9 Å². The molecule has 6 rings (SSSR count). The second-order valence-electron chi connectivity index (χ2n) is 8.30. The van der Waals surface area contributed by atoms with E-state index in [1.807, 2.05) is 178 Å². The average molecular weight is 1010 g/mol. The number of carbonyl (C=O) groups excluding carboxylic acids is 2. The van der Waals surface area contributed by atoms with Crippen molar-refractivity contribution in [2.45, 2.75) is 230 Å². The summed E-state index contributed by atoms with van der Waals surface area (Å²) in [6.07, 6.45) is 9.48. The summed E-state index contributed by atoms with van der Waals surface area (Å²) in [5.74, 6) is 2.78. The van der Waals surface area contributed by atoms with Gasteiger partial charge in [-0.1, -0.05) is 190 Å². The van der Waals surface area contributed by atoms with Gasteiger partial charge < -0.3 is 9.47 Å². The monoisotopic (exact) mass is 1010 g/mol. The molecule has 0 aliphatic carbocycles. The Kier molecular flexibility index (Phi) is 141. The molecule has 6 aliphatic rings. The predicted octanol–water partition coefficient (Wildman–Crippen LogP) is 15.7. The lowest BCUT2D eigenvalue weighted by atomic mass is 10.4. The van der Waals surface area contributed by atoms with Gasteiger partial charge >= 0.3 is 5.97 Å². The fraction of sp³-hybridized carbons (Fsp3) is 0.913. The van der Waals surface area contributed by atoms with E-state index in [9.17, 15) is 26.4 Å². The number of thioether (sulfide) groups is 2. The van der Waals surface area contributed by atoms with E-state index in [1.54, 1.807) is 0 Å². The van der Waals surface area contributed by atoms with Gasteiger partial charge in [0.1, 0.15) is 0 Å². The highest BCUT2D eigenvalue weighted by Crippen LogP contribution is 2.19. The van der Waals surface area contributed by atoms with Gasteiger partial charge in [0.05, 0.1) is 31.3 Å². The van der Waals surface area contributed by atoms with Crippen LogP contribution in [0.3, 0.4) is 0 Å². The van der Waals surface area contributed by atoms with E-state index in [0.29, 0.717) is 43.5 Å². The normalized spacial score (nSPS) is 15.9. The molecule has 0 amide bonds. The summed E-state index contributed by atoms with van der Waals surface area (Å²) in [6, 6.07) is 0. The number of hydrogen-bond donors (Lipinski definition) is 1. The highest BCUT2D eigenvalue weighted by molar-refractivity contribution is 8.23. The van der Waals surface area contributed by atoms with Crippen molar-refractivity contribution < 1.29 is 40.1 Å². The molecule has 6 heterocycles. The van der Waals surface area contributed by atoms with Crippen LogP contribution < -0.4 is 4.72 Å². The number of ether oxygens (including phenoxy) is 2. The highest BCUT2D eigenvalue weighted by Gasteiger charge is 2.17. The summed E-state index contributed by atoms with van der Waals surface area (Å²) in [4.78, 5) is 20.2. The summed E-state index contributed by atoms with van der Waals surface area (Å²) in [5, 5.41) is 1.16. The summed E-state index contributed by atoms with van der Waals surface area (Å²) >= 11 is 12.9. The molecule has 0 radical (unpaired) electrons. The quantitative estimate of drug-likeness (QED) is 0.140. The first kappa shape index (κ1) is 92.0. The van der Waals surface area contributed by atoms with Crippen LogP contribution in [0.1, 0.15) is 230 Å². The van der Waals surface area contributed by atoms with Crippen LogP contribution in [-0.4, -0.2) is 86.5 Å². The number of nitrogens with one attached hydrogen (secondary N) is 1. The molecule has 0 unspecified atom stereocenters. The predicted molar refractivity (Wildman–Crippen MR) is 296 cm³/mol. The van der Waals surface area contributed by atoms with E-state index in [4.69, 9.17) is 29.2 Å². The number of esters is 1. The Morgan fingerprint density at radius 3 is 0.984 bits per heavy atom. The van der Waals surface area contributed by atoms with Crippen molar-refractivity contribution in [1.82, 2.24) is 4.72 Å². The van der Waals surface area contributed by atoms with E-state index in [0.717, 1.165) is 55.9 Å². The fourth-order valence-corrected chi connectivity index (χ4v) is 7.26. The molecule has 0 atom stereocenters. The molecule has 1 N–H and O–H groups in total. The molecule has 0 aromatic rings. The molecule has 16 heteroatoms. The van der Waals surface area contributed by atoms with Crippen molar-refractivity contribution in [3.05, 3.63) is 0 Å². The molecule has 0 aromatic heterocycles. The van der Waals surface area contributed by atoms with E-state index in [-0.39, 0.29) is 11.7 Å². The van der Waals surface area contributed by atoms with Crippen molar-refractivity contribution in [1.29, 1.82) is 0 Å². The Hall–Kier alpha value is -0.360. The molecular weight excluding hydrogens is 903 g/mol. The lowest BCUT2D eigenvalue weighted by Gasteiger charge is -1.85. The number of carbonyl (C=O) groups is 2. The third-order valence-electron chi connectivity index (χ3n) is 4.87. The van der Waals surface area contributed by atoms with E-state index < -0.39 is 20.1 Å². The second kappa shape index (κ2) is 95.0. The lowest BCUT2D eigenvalue weighted by molar-refractivity contribution is -0.137. The molecule has 388 valence electrons. The molecule has 6 saturated heterocycles. The third-order valence-corrected chi connectivity index (χ3v) is 10.6. The fourth-order valence-electron chi connectivity index (χ4n) is 2.94. The minimum Gasteiger partial charge on any atom is -0.487 e. The zero-order valence-electron chi connectivity index (χ0n) is 45.4. The second-order valence-corrected chi connectivity index (χ2v) is 15.5. The molecule has 0 saturated carbocycles. The smallest absolute Gasteiger partial charge is 0.305 e. The topological polar surface area (TPSA) is 142 Å². The van der Waals surface area contributed by atoms with Crippen molar-refractivity contribution in [2.24, 2.45) is 0 Å². The van der Waals surface area contributed by atoms with Crippen LogP contribution in [0.15, 0.2) is 0 Å². The number of sulfonamides is 1. The number of rotatable bonds is 0. The van der Waals surface area contributed by atoms with Gasteiger partial charge in [0, 0.05) is 35.8 Å². The zero-order chi connectivity index (χ0) is 52.3. The van der Waals surface area contributed by atoms with Crippen LogP contribution in [0.25, 0.3) is 0 Å². The maximum Gasteiger partial charge on any atom is 0.305 e. The minimum atomic E-state index is -3.05. The van der Waals surface area contributed by atoms with Crippen LogP contribution in [-0.2, 0) is 43.4 Å². The minimum absolute atomic E-state index is 0.0463. The summed E-state index contributed by atoms with van der Waals surface area (Å²) in [6.45, 7) is 50.5. The molecule has 0 spiro atoms. The molecule has 62 heavy (non-hydrogen) atoms. The average Bonchev–Trinajstić information content (AvgIpc) is 4.25. The number of thiocarbonyl (C=S) groups is 2. The zero-order valence-corrected chi connectivity index (χ0v) is 50.3. The van der Waals surface area contributed by atoms with Crippen molar-refractivity contribution in [2.75, 3.05) is 49.4 Å². The highest BCUT2D eigenvalue weighted by atomic mass is 32.2. The van der Waals surface area contributed by atoms with Gasteiger partial charge in [0.2, 0.25) is 10.0 Å². The molecule has 6 aliphatic heterocycles. The van der Waals surface area contributed by atoms with Crippen molar-refractivity contribution in [3.63, 3.8) is 0 Å². The largest absolute Gasteiger partial charge is 0.487 e. The Morgan fingerprint density at radius 1 is 0.468 bits per heavy atom. The maximum absolute atomic E-state index is 10.3. The van der Waals surface area contributed by atoms with Gasteiger partial charge in [-0.25, -0.2) is 13.1 Å². The number of cyclic esters (lactones) is 1. The van der Waals surface area contributed by atoms with E-state index in [1.165, 1.54) is 34.6 Å². The van der Waals surface area contributed by atoms with Gasteiger partial charge in [-0.15, -0.1) is 11.8 Å². The Balaban J connectivity index is -0.0000000442. The first-order valence-electron chi connectivity index (χ1n) is 24.5. The van der Waals surface area contributed by atoms with Crippen LogP contribution in [0.4, 0.5) is 0 Å². The Bertz CT molecular complexity index is 810. The Labute approximate surface area is 410 Å². The SMILES string of the molecule is CC.CC.CC.CC.CC.CC.CC.CC.CC.CC.CC.CC.O=C1CCCO1.O=C1CCCS1.O=S1(=O)CCCN1.O=S1(=O)CCCO1.S=C1CCCO1.S=C1CCCS1. The van der Waals surface area contributed by atoms with E-state index in [2.05, 4.69) is 13.6 Å². The molecule has 0 aromatic carbocycles. The summed E-state index contributed by atoms with van der Waals surface area (Å²) in [7, 11) is -5.84. The summed E-state index contributed by atoms with van der Waals surface area (Å²) < 4.78 is 58.3. The Morgan fingerprint density at radius 2 is 0.887 bits per heavy atom. The molecule has 6 fully saturated rings. The van der Waals surface area contributed by atoms with Gasteiger partial charge in [0.25, 0.3) is 10.1 Å². The van der Waals surface area contributed by atoms with Crippen LogP contribution in [0.2, 0.25) is 0 Å². The number of hydrogen-bond acceptors (Lipinski definition) is 13. The van der Waals surface area contributed by atoms with Crippen molar-refractivity contribution >= 4 is 88.4 Å². The van der Waals surface area contributed by atoms with Gasteiger partial charge in [0.15, 0.2) is 10.2 Å². The first-order chi connectivity index (χ1) is 30.0. The maximum atomic E-state index is 10.3. The molecular formula is C46H109NO9S6. The van der Waals surface area contributed by atoms with Gasteiger partial charge in [-0.3, -0.25) is 13.8 Å². The van der Waals surface area contributed by atoms with Gasteiger partial charge in [-0.2, -0.15) is 8.42 Å². The summed E-state index contributed by atoms with van der Waals surface area (Å²) in [5.41, 5.74) is 0. The first-order valence-corrected chi connectivity index (χ1v) is 30.5. The lowest BCUT2D eigenvalue weighted by Crippen LogP contribution is -2.15. The molecule has 0 bridgehead atoms. The molecule has 10 nitrogen and oxygen atoms in total. The van der Waals surface area contributed by atoms with Crippen LogP contribution in [0, 0.1) is 0 Å². The van der Waals surface area contributed by atoms with Crippen molar-refractivity contribution in [3.8, 4) is 0 Å². The third kappa shape index (κ3) is 98.5. The van der Waals surface area contributed by atoms with Crippen LogP contribution >= 0.6 is 48.0 Å². The van der Waals surface area contributed by atoms with Crippen LogP contribution in [0.5, 0.6) is 0 Å². The standard InChI is InChI=1S/C4H6O2.2C4H6OS.C4H6S2.C3H7NO2S.C3H6O3S.12C2H6/c2*5-4-2-1-3-6-4;6-4-2-1-3-5-4;5-4-2-1-3-6-4;5-7(6)3-1-2-4-7;4-7(5)3-1-2-6-7;12*1-2/h4*1-3H2;4H,1-3H2;1-3H2;12*1-2H3.